The molecule has 7 heteroatoms. The summed E-state index contributed by atoms with van der Waals surface area (Å²) in [5.74, 6) is -0.325. The lowest BCUT2D eigenvalue weighted by Crippen LogP contribution is -2.24. The van der Waals surface area contributed by atoms with E-state index >= 15 is 0 Å². The molecule has 0 fully saturated rings. The van der Waals surface area contributed by atoms with Crippen LogP contribution in [0, 0.1) is 10.1 Å². The Kier molecular flexibility index (Phi) is 6.61. The summed E-state index contributed by atoms with van der Waals surface area (Å²) in [5.41, 5.74) is 0.522. The van der Waals surface area contributed by atoms with Gasteiger partial charge in [-0.05, 0) is 32.9 Å². The van der Waals surface area contributed by atoms with Crippen molar-refractivity contribution in [2.75, 3.05) is 25.1 Å². The smallest absolute Gasteiger partial charge is 0.293 e. The average molecular weight is 295 g/mol. The minimum Gasteiger partial charge on any atom is -0.380 e. The summed E-state index contributed by atoms with van der Waals surface area (Å²) in [7, 11) is 0. The van der Waals surface area contributed by atoms with Gasteiger partial charge in [0.05, 0.1) is 11.5 Å². The molecule has 0 saturated heterocycles. The highest BCUT2D eigenvalue weighted by Gasteiger charge is 2.18. The van der Waals surface area contributed by atoms with Crippen molar-refractivity contribution in [3.63, 3.8) is 0 Å². The van der Waals surface area contributed by atoms with E-state index in [2.05, 4.69) is 10.6 Å². The van der Waals surface area contributed by atoms with Crippen LogP contribution in [-0.4, -0.2) is 36.6 Å². The van der Waals surface area contributed by atoms with E-state index in [9.17, 15) is 14.9 Å². The van der Waals surface area contributed by atoms with Crippen LogP contribution in [-0.2, 0) is 4.74 Å². The molecule has 1 unspecified atom stereocenters. The number of hydrogen-bond donors (Lipinski definition) is 2. The van der Waals surface area contributed by atoms with E-state index in [4.69, 9.17) is 4.74 Å². The van der Waals surface area contributed by atoms with Crippen LogP contribution in [0.3, 0.4) is 0 Å². The van der Waals surface area contributed by atoms with Gasteiger partial charge < -0.3 is 15.4 Å². The fourth-order valence-corrected chi connectivity index (χ4v) is 1.81. The van der Waals surface area contributed by atoms with Crippen molar-refractivity contribution in [2.45, 2.75) is 26.8 Å². The molecule has 1 amide bonds. The van der Waals surface area contributed by atoms with Crippen molar-refractivity contribution in [2.24, 2.45) is 0 Å². The minimum atomic E-state index is -0.502. The fraction of sp³-hybridized carbons (Fsp3) is 0.500. The van der Waals surface area contributed by atoms with Crippen LogP contribution in [0.2, 0.25) is 0 Å². The number of hydrogen-bond acceptors (Lipinski definition) is 5. The monoisotopic (exact) mass is 295 g/mol. The first-order valence-electron chi connectivity index (χ1n) is 6.90. The van der Waals surface area contributed by atoms with E-state index in [0.29, 0.717) is 25.4 Å². The van der Waals surface area contributed by atoms with Crippen molar-refractivity contribution < 1.29 is 14.5 Å². The maximum atomic E-state index is 11.7. The molecule has 0 spiro atoms. The summed E-state index contributed by atoms with van der Waals surface area (Å²) in [6, 6.07) is 4.32. The summed E-state index contributed by atoms with van der Waals surface area (Å²) in [6.07, 6.45) is 0. The van der Waals surface area contributed by atoms with E-state index in [-0.39, 0.29) is 23.2 Å². The third-order valence-electron chi connectivity index (χ3n) is 2.77. The highest BCUT2D eigenvalue weighted by molar-refractivity contribution is 5.95. The van der Waals surface area contributed by atoms with Crippen molar-refractivity contribution in [3.05, 3.63) is 33.9 Å². The Hall–Kier alpha value is -2.15. The Labute approximate surface area is 123 Å². The Morgan fingerprint density at radius 2 is 2.14 bits per heavy atom. The topological polar surface area (TPSA) is 93.5 Å². The Bertz CT molecular complexity index is 505. The van der Waals surface area contributed by atoms with Crippen LogP contribution in [0.1, 0.15) is 31.1 Å². The maximum absolute atomic E-state index is 11.7. The van der Waals surface area contributed by atoms with Gasteiger partial charge in [0, 0.05) is 30.8 Å². The zero-order valence-electron chi connectivity index (χ0n) is 12.5. The van der Waals surface area contributed by atoms with E-state index in [1.54, 1.807) is 19.1 Å². The molecule has 1 atom stereocenters. The van der Waals surface area contributed by atoms with Gasteiger partial charge in [0.2, 0.25) is 0 Å². The van der Waals surface area contributed by atoms with Crippen molar-refractivity contribution >= 4 is 17.3 Å². The Morgan fingerprint density at radius 3 is 2.71 bits per heavy atom. The first kappa shape index (κ1) is 16.9. The molecule has 1 aromatic rings. The number of rotatable bonds is 8. The second-order valence-electron chi connectivity index (χ2n) is 4.55. The molecule has 0 radical (unpaired) electrons. The van der Waals surface area contributed by atoms with E-state index < -0.39 is 4.92 Å². The summed E-state index contributed by atoms with van der Waals surface area (Å²) >= 11 is 0. The third kappa shape index (κ3) is 5.03. The largest absolute Gasteiger partial charge is 0.380 e. The third-order valence-corrected chi connectivity index (χ3v) is 2.77. The number of benzene rings is 1. The van der Waals surface area contributed by atoms with Crippen molar-refractivity contribution in [3.8, 4) is 0 Å². The molecule has 0 aliphatic rings. The van der Waals surface area contributed by atoms with Gasteiger partial charge in [-0.15, -0.1) is 0 Å². The minimum absolute atomic E-state index is 0.0704. The number of carbonyl (C=O) groups is 1. The van der Waals surface area contributed by atoms with Gasteiger partial charge in [-0.3, -0.25) is 14.9 Å². The molecular weight excluding hydrogens is 274 g/mol. The van der Waals surface area contributed by atoms with Gasteiger partial charge in [0.25, 0.3) is 11.6 Å². The number of ether oxygens (including phenoxy) is 1. The lowest BCUT2D eigenvalue weighted by molar-refractivity contribution is -0.384. The van der Waals surface area contributed by atoms with Crippen molar-refractivity contribution in [1.82, 2.24) is 5.32 Å². The molecule has 21 heavy (non-hydrogen) atoms. The molecule has 0 heterocycles. The highest BCUT2D eigenvalue weighted by atomic mass is 16.6. The average Bonchev–Trinajstić information content (AvgIpc) is 2.45. The number of nitrogens with zero attached hydrogens (tertiary/aromatic N) is 1. The predicted molar refractivity (Wildman–Crippen MR) is 80.7 cm³/mol. The van der Waals surface area contributed by atoms with Crippen LogP contribution in [0.15, 0.2) is 18.2 Å². The fourth-order valence-electron chi connectivity index (χ4n) is 1.81. The lowest BCUT2D eigenvalue weighted by Gasteiger charge is -2.15. The molecule has 0 aromatic heterocycles. The molecule has 2 N–H and O–H groups in total. The molecule has 0 aliphatic heterocycles. The standard InChI is InChI=1S/C14H21N3O4/c1-4-15-14(18)11-6-7-12(13(8-11)17(19)20)16-10(3)9-21-5-2/h6-8,10,16H,4-5,9H2,1-3H3,(H,15,18). The number of nitrogens with one attached hydrogen (secondary N) is 2. The predicted octanol–water partition coefficient (Wildman–Crippen LogP) is 2.18. The van der Waals surface area contributed by atoms with Gasteiger partial charge >= 0.3 is 0 Å². The van der Waals surface area contributed by atoms with E-state index in [0.717, 1.165) is 0 Å². The van der Waals surface area contributed by atoms with Crippen LogP contribution in [0.25, 0.3) is 0 Å². The number of nitro groups is 1. The molecular formula is C14H21N3O4. The summed E-state index contributed by atoms with van der Waals surface area (Å²) in [4.78, 5) is 22.4. The summed E-state index contributed by atoms with van der Waals surface area (Å²) < 4.78 is 5.27. The Morgan fingerprint density at radius 1 is 1.43 bits per heavy atom. The molecule has 1 rings (SSSR count). The van der Waals surface area contributed by atoms with E-state index in [1.807, 2.05) is 13.8 Å². The number of anilines is 1. The Balaban J connectivity index is 2.94. The number of nitro benzene ring substituents is 1. The highest BCUT2D eigenvalue weighted by Crippen LogP contribution is 2.26. The van der Waals surface area contributed by atoms with Gasteiger partial charge in [-0.2, -0.15) is 0 Å². The summed E-state index contributed by atoms with van der Waals surface area (Å²) in [6.45, 7) is 7.05. The first-order chi connectivity index (χ1) is 9.99. The second-order valence-corrected chi connectivity index (χ2v) is 4.55. The molecule has 7 nitrogen and oxygen atoms in total. The van der Waals surface area contributed by atoms with Crippen molar-refractivity contribution in [1.29, 1.82) is 0 Å². The SMILES string of the molecule is CCNC(=O)c1ccc(NC(C)COCC)c([N+](=O)[O-])c1. The molecule has 0 bridgehead atoms. The van der Waals surface area contributed by atoms with Gasteiger partial charge in [-0.25, -0.2) is 0 Å². The van der Waals surface area contributed by atoms with Crippen LogP contribution >= 0.6 is 0 Å². The van der Waals surface area contributed by atoms with Gasteiger partial charge in [0.1, 0.15) is 5.69 Å². The number of amides is 1. The van der Waals surface area contributed by atoms with Gasteiger partial charge in [-0.1, -0.05) is 0 Å². The molecule has 0 saturated carbocycles. The van der Waals surface area contributed by atoms with Crippen LogP contribution < -0.4 is 10.6 Å². The summed E-state index contributed by atoms with van der Waals surface area (Å²) in [5, 5.41) is 16.8. The molecule has 0 aliphatic carbocycles. The van der Waals surface area contributed by atoms with Crippen LogP contribution in [0.5, 0.6) is 0 Å². The van der Waals surface area contributed by atoms with Gasteiger partial charge in [0.15, 0.2) is 0 Å². The molecule has 1 aromatic carbocycles. The normalized spacial score (nSPS) is 11.8. The lowest BCUT2D eigenvalue weighted by atomic mass is 10.1. The zero-order chi connectivity index (χ0) is 15.8. The van der Waals surface area contributed by atoms with E-state index in [1.165, 1.54) is 6.07 Å². The zero-order valence-corrected chi connectivity index (χ0v) is 12.5. The first-order valence-corrected chi connectivity index (χ1v) is 6.90. The quantitative estimate of drug-likeness (QED) is 0.566. The molecule has 116 valence electrons. The maximum Gasteiger partial charge on any atom is 0.293 e. The number of carbonyl (C=O) groups excluding carboxylic acids is 1. The van der Waals surface area contributed by atoms with Crippen LogP contribution in [0.4, 0.5) is 11.4 Å². The second kappa shape index (κ2) is 8.21.